The molecule has 6 nitrogen and oxygen atoms in total. The van der Waals surface area contributed by atoms with E-state index >= 15 is 0 Å². The molecule has 0 amide bonds. The van der Waals surface area contributed by atoms with Gasteiger partial charge in [-0.15, -0.1) is 0 Å². The number of hydrogen-bond acceptors (Lipinski definition) is 5. The molecule has 0 spiro atoms. The van der Waals surface area contributed by atoms with Gasteiger partial charge in [0, 0.05) is 6.07 Å². The fourth-order valence-corrected chi connectivity index (χ4v) is 1.70. The first-order valence-electron chi connectivity index (χ1n) is 6.58. The molecule has 0 saturated heterocycles. The van der Waals surface area contributed by atoms with E-state index in [4.69, 9.17) is 9.47 Å². The van der Waals surface area contributed by atoms with Crippen LogP contribution in [0.25, 0.3) is 0 Å². The minimum Gasteiger partial charge on any atom is -0.491 e. The van der Waals surface area contributed by atoms with Crippen LogP contribution in [-0.2, 0) is 0 Å². The van der Waals surface area contributed by atoms with Crippen molar-refractivity contribution >= 4 is 5.69 Å². The molecule has 23 heavy (non-hydrogen) atoms. The molecular weight excluding hydrogens is 312 g/mol. The maximum Gasteiger partial charge on any atom is 0.276 e. The molecule has 0 aliphatic carbocycles. The number of nitrogens with zero attached hydrogens (tertiary/aromatic N) is 1. The maximum atomic E-state index is 13.2. The molecule has 1 N–H and O–H groups in total. The molecule has 2 aromatic carbocycles. The summed E-state index contributed by atoms with van der Waals surface area (Å²) in [5.41, 5.74) is -0.447. The summed E-state index contributed by atoms with van der Waals surface area (Å²) in [6.07, 6.45) is -1.05. The van der Waals surface area contributed by atoms with Crippen LogP contribution in [0.4, 0.5) is 14.5 Å². The smallest absolute Gasteiger partial charge is 0.276 e. The Morgan fingerprint density at radius 1 is 1.00 bits per heavy atom. The zero-order valence-electron chi connectivity index (χ0n) is 11.8. The number of nitro groups is 1. The highest BCUT2D eigenvalue weighted by molar-refractivity contribution is 5.38. The van der Waals surface area contributed by atoms with Crippen LogP contribution in [0.2, 0.25) is 0 Å². The first-order valence-corrected chi connectivity index (χ1v) is 6.58. The molecule has 0 aromatic heterocycles. The molecule has 0 bridgehead atoms. The van der Waals surface area contributed by atoms with Crippen molar-refractivity contribution in [1.29, 1.82) is 0 Å². The normalized spacial score (nSPS) is 11.8. The second-order valence-electron chi connectivity index (χ2n) is 4.63. The van der Waals surface area contributed by atoms with E-state index in [-0.39, 0.29) is 19.0 Å². The highest BCUT2D eigenvalue weighted by atomic mass is 19.1. The van der Waals surface area contributed by atoms with Crippen LogP contribution in [0.1, 0.15) is 0 Å². The van der Waals surface area contributed by atoms with Gasteiger partial charge in [-0.3, -0.25) is 10.1 Å². The van der Waals surface area contributed by atoms with Gasteiger partial charge in [0.15, 0.2) is 0 Å². The van der Waals surface area contributed by atoms with Crippen molar-refractivity contribution in [3.63, 3.8) is 0 Å². The summed E-state index contributed by atoms with van der Waals surface area (Å²) < 4.78 is 36.3. The van der Waals surface area contributed by atoms with Gasteiger partial charge in [-0.05, 0) is 24.3 Å². The zero-order valence-corrected chi connectivity index (χ0v) is 11.8. The predicted octanol–water partition coefficient (Wildman–Crippen LogP) is 2.69. The molecule has 1 unspecified atom stereocenters. The van der Waals surface area contributed by atoms with E-state index in [2.05, 4.69) is 0 Å². The quantitative estimate of drug-likeness (QED) is 0.625. The van der Waals surface area contributed by atoms with Gasteiger partial charge in [0.1, 0.15) is 42.5 Å². The van der Waals surface area contributed by atoms with Gasteiger partial charge in [-0.2, -0.15) is 0 Å². The molecule has 0 aliphatic heterocycles. The van der Waals surface area contributed by atoms with Gasteiger partial charge in [0.05, 0.1) is 17.1 Å². The van der Waals surface area contributed by atoms with Crippen LogP contribution in [0.15, 0.2) is 42.5 Å². The first kappa shape index (κ1) is 16.6. The highest BCUT2D eigenvalue weighted by Gasteiger charge is 2.12. The maximum absolute atomic E-state index is 13.2. The fourth-order valence-electron chi connectivity index (χ4n) is 1.70. The lowest BCUT2D eigenvalue weighted by molar-refractivity contribution is -0.385. The lowest BCUT2D eigenvalue weighted by Gasteiger charge is -2.13. The van der Waals surface area contributed by atoms with Crippen LogP contribution in [0, 0.1) is 21.7 Å². The summed E-state index contributed by atoms with van der Waals surface area (Å²) >= 11 is 0. The third kappa shape index (κ3) is 5.19. The van der Waals surface area contributed by atoms with E-state index in [1.165, 1.54) is 24.3 Å². The van der Waals surface area contributed by atoms with Crippen LogP contribution >= 0.6 is 0 Å². The number of rotatable bonds is 7. The summed E-state index contributed by atoms with van der Waals surface area (Å²) in [6.45, 7) is -0.384. The topological polar surface area (TPSA) is 81.8 Å². The van der Waals surface area contributed by atoms with E-state index in [9.17, 15) is 24.0 Å². The lowest BCUT2D eigenvalue weighted by Crippen LogP contribution is -2.25. The van der Waals surface area contributed by atoms with E-state index in [1.54, 1.807) is 0 Å². The number of ether oxygens (including phenoxy) is 2. The largest absolute Gasteiger partial charge is 0.491 e. The fraction of sp³-hybridized carbons (Fsp3) is 0.200. The Labute approximate surface area is 130 Å². The molecule has 0 aliphatic rings. The minimum atomic E-state index is -1.05. The number of benzene rings is 2. The van der Waals surface area contributed by atoms with Crippen LogP contribution < -0.4 is 9.47 Å². The van der Waals surface area contributed by atoms with Crippen molar-refractivity contribution in [2.24, 2.45) is 0 Å². The van der Waals surface area contributed by atoms with Gasteiger partial charge in [0.25, 0.3) is 5.69 Å². The van der Waals surface area contributed by atoms with E-state index < -0.39 is 28.3 Å². The van der Waals surface area contributed by atoms with Crippen molar-refractivity contribution in [2.45, 2.75) is 6.10 Å². The summed E-state index contributed by atoms with van der Waals surface area (Å²) in [5, 5.41) is 20.3. The molecule has 0 saturated carbocycles. The summed E-state index contributed by atoms with van der Waals surface area (Å²) in [6, 6.07) is 8.02. The van der Waals surface area contributed by atoms with Crippen molar-refractivity contribution in [1.82, 2.24) is 0 Å². The van der Waals surface area contributed by atoms with Crippen LogP contribution in [0.5, 0.6) is 11.5 Å². The second-order valence-corrected chi connectivity index (χ2v) is 4.63. The molecule has 2 rings (SSSR count). The number of non-ortho nitro benzene ring substituents is 1. The summed E-state index contributed by atoms with van der Waals surface area (Å²) in [4.78, 5) is 9.87. The zero-order chi connectivity index (χ0) is 16.8. The van der Waals surface area contributed by atoms with E-state index in [0.717, 1.165) is 18.2 Å². The predicted molar refractivity (Wildman–Crippen MR) is 76.5 cm³/mol. The number of aliphatic hydroxyl groups is 1. The standard InChI is InChI=1S/C15H13F2NO5/c16-10-1-3-14(4-2-10)22-8-13(19)9-23-15-6-11(17)5-12(7-15)18(20)21/h1-7,13,19H,8-9H2. The second kappa shape index (κ2) is 7.50. The molecule has 122 valence electrons. The first-order chi connectivity index (χ1) is 10.9. The molecule has 0 heterocycles. The van der Waals surface area contributed by atoms with Crippen molar-refractivity contribution < 1.29 is 28.3 Å². The molecule has 8 heteroatoms. The Balaban J connectivity index is 1.85. The van der Waals surface area contributed by atoms with E-state index in [1.807, 2.05) is 0 Å². The highest BCUT2D eigenvalue weighted by Crippen LogP contribution is 2.22. The van der Waals surface area contributed by atoms with Crippen LogP contribution in [0.3, 0.4) is 0 Å². The van der Waals surface area contributed by atoms with Crippen molar-refractivity contribution in [3.05, 3.63) is 64.2 Å². The number of nitro benzene ring substituents is 1. The molecule has 0 radical (unpaired) electrons. The summed E-state index contributed by atoms with van der Waals surface area (Å²) in [5.74, 6) is -0.926. The Kier molecular flexibility index (Phi) is 5.42. The third-order valence-corrected chi connectivity index (χ3v) is 2.77. The Morgan fingerprint density at radius 3 is 2.22 bits per heavy atom. The number of aliphatic hydroxyl groups excluding tert-OH is 1. The van der Waals surface area contributed by atoms with E-state index in [0.29, 0.717) is 5.75 Å². The molecule has 1 atom stereocenters. The monoisotopic (exact) mass is 325 g/mol. The van der Waals surface area contributed by atoms with Gasteiger partial charge >= 0.3 is 0 Å². The molecular formula is C15H13F2NO5. The lowest BCUT2D eigenvalue weighted by atomic mass is 10.3. The summed E-state index contributed by atoms with van der Waals surface area (Å²) in [7, 11) is 0. The Bertz CT molecular complexity index is 678. The third-order valence-electron chi connectivity index (χ3n) is 2.77. The Hall–Kier alpha value is -2.74. The van der Waals surface area contributed by atoms with Gasteiger partial charge in [0.2, 0.25) is 0 Å². The van der Waals surface area contributed by atoms with Gasteiger partial charge in [-0.25, -0.2) is 8.78 Å². The van der Waals surface area contributed by atoms with Gasteiger partial charge in [-0.1, -0.05) is 0 Å². The minimum absolute atomic E-state index is 0.0717. The van der Waals surface area contributed by atoms with Crippen molar-refractivity contribution in [2.75, 3.05) is 13.2 Å². The number of hydrogen-bond donors (Lipinski definition) is 1. The Morgan fingerprint density at radius 2 is 1.61 bits per heavy atom. The van der Waals surface area contributed by atoms with Crippen LogP contribution in [-0.4, -0.2) is 29.3 Å². The average Bonchev–Trinajstić information content (AvgIpc) is 2.52. The number of halogens is 2. The van der Waals surface area contributed by atoms with Crippen molar-refractivity contribution in [3.8, 4) is 11.5 Å². The average molecular weight is 325 g/mol. The molecule has 2 aromatic rings. The van der Waals surface area contributed by atoms with Gasteiger partial charge < -0.3 is 14.6 Å². The molecule has 0 fully saturated rings. The SMILES string of the molecule is O=[N+]([O-])c1cc(F)cc(OCC(O)COc2ccc(F)cc2)c1.